The molecule has 0 saturated heterocycles. The highest BCUT2D eigenvalue weighted by Crippen LogP contribution is 2.27. The van der Waals surface area contributed by atoms with Crippen LogP contribution in [0.25, 0.3) is 0 Å². The van der Waals surface area contributed by atoms with E-state index in [1.807, 2.05) is 24.3 Å². The Morgan fingerprint density at radius 2 is 1.75 bits per heavy atom. The average Bonchev–Trinajstić information content (AvgIpc) is 2.55. The second-order valence-corrected chi connectivity index (χ2v) is 7.97. The molecule has 2 aromatic rings. The van der Waals surface area contributed by atoms with Crippen LogP contribution in [0.15, 0.2) is 47.4 Å². The molecule has 0 aliphatic heterocycles. The van der Waals surface area contributed by atoms with Crippen molar-refractivity contribution in [2.45, 2.75) is 31.2 Å². The quantitative estimate of drug-likeness (QED) is 0.796. The van der Waals surface area contributed by atoms with E-state index in [9.17, 15) is 12.8 Å². The lowest BCUT2D eigenvalue weighted by molar-refractivity contribution is 0.395. The molecule has 0 aliphatic carbocycles. The summed E-state index contributed by atoms with van der Waals surface area (Å²) < 4.78 is 45.2. The minimum atomic E-state index is -3.86. The Bertz CT molecular complexity index is 802. The number of nitrogens with zero attached hydrogens (tertiary/aromatic N) is 1. The van der Waals surface area contributed by atoms with Gasteiger partial charge in [-0.2, -0.15) is 4.31 Å². The van der Waals surface area contributed by atoms with E-state index in [0.29, 0.717) is 5.92 Å². The van der Waals surface area contributed by atoms with Crippen LogP contribution in [0.4, 0.5) is 4.39 Å². The lowest BCUT2D eigenvalue weighted by atomic mass is 10.0. The summed E-state index contributed by atoms with van der Waals surface area (Å²) in [5.41, 5.74) is 2.05. The molecular formula is C18H22FNO3S. The minimum Gasteiger partial charge on any atom is -0.495 e. The number of rotatable bonds is 6. The second kappa shape index (κ2) is 7.32. The highest BCUT2D eigenvalue weighted by molar-refractivity contribution is 7.89. The molecule has 0 atom stereocenters. The van der Waals surface area contributed by atoms with Crippen LogP contribution in [0, 0.1) is 5.82 Å². The normalized spacial score (nSPS) is 12.0. The summed E-state index contributed by atoms with van der Waals surface area (Å²) in [7, 11) is -1.03. The van der Waals surface area contributed by atoms with Crippen LogP contribution in [-0.4, -0.2) is 26.9 Å². The van der Waals surface area contributed by atoms with Gasteiger partial charge < -0.3 is 4.74 Å². The number of hydrogen-bond donors (Lipinski definition) is 0. The molecule has 24 heavy (non-hydrogen) atoms. The molecule has 0 radical (unpaired) electrons. The molecule has 0 N–H and O–H groups in total. The Hall–Kier alpha value is -1.92. The van der Waals surface area contributed by atoms with E-state index in [1.54, 1.807) is 0 Å². The van der Waals surface area contributed by atoms with Crippen molar-refractivity contribution in [1.82, 2.24) is 4.31 Å². The van der Waals surface area contributed by atoms with Crippen LogP contribution in [0.1, 0.15) is 30.9 Å². The number of benzene rings is 2. The van der Waals surface area contributed by atoms with Crippen molar-refractivity contribution in [1.29, 1.82) is 0 Å². The van der Waals surface area contributed by atoms with Gasteiger partial charge >= 0.3 is 0 Å². The van der Waals surface area contributed by atoms with E-state index in [1.165, 1.54) is 36.2 Å². The van der Waals surface area contributed by atoms with Crippen LogP contribution < -0.4 is 4.74 Å². The topological polar surface area (TPSA) is 46.6 Å². The maximum Gasteiger partial charge on any atom is 0.246 e. The van der Waals surface area contributed by atoms with E-state index in [2.05, 4.69) is 13.8 Å². The van der Waals surface area contributed by atoms with Gasteiger partial charge in [0, 0.05) is 13.6 Å². The Kier molecular flexibility index (Phi) is 5.62. The van der Waals surface area contributed by atoms with E-state index in [0.717, 1.165) is 11.6 Å². The van der Waals surface area contributed by atoms with Gasteiger partial charge in [0.05, 0.1) is 7.11 Å². The number of hydrogen-bond acceptors (Lipinski definition) is 3. The largest absolute Gasteiger partial charge is 0.495 e. The van der Waals surface area contributed by atoms with Crippen LogP contribution >= 0.6 is 0 Å². The molecule has 0 amide bonds. The van der Waals surface area contributed by atoms with Crippen molar-refractivity contribution >= 4 is 10.0 Å². The van der Waals surface area contributed by atoms with Gasteiger partial charge in [-0.15, -0.1) is 0 Å². The minimum absolute atomic E-state index is 0.124. The fourth-order valence-electron chi connectivity index (χ4n) is 2.37. The van der Waals surface area contributed by atoms with Gasteiger partial charge in [0.25, 0.3) is 0 Å². The average molecular weight is 351 g/mol. The number of sulfonamides is 1. The van der Waals surface area contributed by atoms with Gasteiger partial charge in [-0.05, 0) is 35.2 Å². The summed E-state index contributed by atoms with van der Waals surface area (Å²) in [6, 6.07) is 11.3. The van der Waals surface area contributed by atoms with E-state index >= 15 is 0 Å². The molecule has 0 aliphatic rings. The van der Waals surface area contributed by atoms with Crippen LogP contribution in [0.2, 0.25) is 0 Å². The van der Waals surface area contributed by atoms with Crippen molar-refractivity contribution in [2.75, 3.05) is 14.2 Å². The van der Waals surface area contributed by atoms with Gasteiger partial charge in [-0.1, -0.05) is 38.1 Å². The maximum atomic E-state index is 13.5. The van der Waals surface area contributed by atoms with E-state index < -0.39 is 15.8 Å². The molecule has 0 unspecified atom stereocenters. The molecule has 2 rings (SSSR count). The fraction of sp³-hybridized carbons (Fsp3) is 0.333. The lowest BCUT2D eigenvalue weighted by Gasteiger charge is -2.19. The predicted octanol–water partition coefficient (Wildman–Crippen LogP) is 3.78. The Balaban J connectivity index is 2.28. The summed E-state index contributed by atoms with van der Waals surface area (Å²) in [5, 5.41) is 0. The first-order valence-electron chi connectivity index (χ1n) is 7.64. The first-order valence-corrected chi connectivity index (χ1v) is 9.08. The number of ether oxygens (including phenoxy) is 1. The molecule has 130 valence electrons. The Morgan fingerprint density at radius 1 is 1.12 bits per heavy atom. The summed E-state index contributed by atoms with van der Waals surface area (Å²) in [6.45, 7) is 4.39. The molecule has 0 saturated carbocycles. The smallest absolute Gasteiger partial charge is 0.246 e. The van der Waals surface area contributed by atoms with Crippen molar-refractivity contribution < 1.29 is 17.5 Å². The monoisotopic (exact) mass is 351 g/mol. The first kappa shape index (κ1) is 18.4. The third-order valence-electron chi connectivity index (χ3n) is 3.87. The van der Waals surface area contributed by atoms with Crippen molar-refractivity contribution in [3.05, 3.63) is 59.4 Å². The highest BCUT2D eigenvalue weighted by Gasteiger charge is 2.25. The summed E-state index contributed by atoms with van der Waals surface area (Å²) in [5.74, 6) is -0.0838. The third kappa shape index (κ3) is 3.94. The summed E-state index contributed by atoms with van der Waals surface area (Å²) in [4.78, 5) is -0.175. The molecule has 6 heteroatoms. The third-order valence-corrected chi connectivity index (χ3v) is 5.69. The summed E-state index contributed by atoms with van der Waals surface area (Å²) >= 11 is 0. The van der Waals surface area contributed by atoms with Crippen LogP contribution in [-0.2, 0) is 16.6 Å². The maximum absolute atomic E-state index is 13.5. The molecule has 0 spiro atoms. The molecule has 0 heterocycles. The molecular weight excluding hydrogens is 329 g/mol. The van der Waals surface area contributed by atoms with Gasteiger partial charge in [0.15, 0.2) is 0 Å². The van der Waals surface area contributed by atoms with Crippen LogP contribution in [0.5, 0.6) is 5.75 Å². The van der Waals surface area contributed by atoms with Crippen molar-refractivity contribution in [3.8, 4) is 5.75 Å². The molecule has 0 aromatic heterocycles. The Morgan fingerprint density at radius 3 is 2.29 bits per heavy atom. The zero-order valence-corrected chi connectivity index (χ0v) is 15.1. The van der Waals surface area contributed by atoms with E-state index in [-0.39, 0.29) is 17.2 Å². The van der Waals surface area contributed by atoms with E-state index in [4.69, 9.17) is 4.74 Å². The number of halogens is 1. The summed E-state index contributed by atoms with van der Waals surface area (Å²) in [6.07, 6.45) is 0. The van der Waals surface area contributed by atoms with Gasteiger partial charge in [0.1, 0.15) is 16.5 Å². The van der Waals surface area contributed by atoms with Gasteiger partial charge in [-0.3, -0.25) is 0 Å². The molecule has 2 aromatic carbocycles. The fourth-order valence-corrected chi connectivity index (χ4v) is 3.69. The molecule has 4 nitrogen and oxygen atoms in total. The van der Waals surface area contributed by atoms with Crippen LogP contribution in [0.3, 0.4) is 0 Å². The standard InChI is InChI=1S/C18H22FNO3S/c1-13(2)15-7-5-14(6-8-15)12-20(3)24(21,22)18-11-16(19)9-10-17(18)23-4/h5-11,13H,12H2,1-4H3. The zero-order chi connectivity index (χ0) is 17.9. The lowest BCUT2D eigenvalue weighted by Crippen LogP contribution is -2.27. The second-order valence-electron chi connectivity index (χ2n) is 5.95. The zero-order valence-electron chi connectivity index (χ0n) is 14.3. The van der Waals surface area contributed by atoms with Gasteiger partial charge in [0.2, 0.25) is 10.0 Å². The molecule has 0 bridgehead atoms. The first-order chi connectivity index (χ1) is 11.3. The highest BCUT2D eigenvalue weighted by atomic mass is 32.2. The Labute approximate surface area is 142 Å². The van der Waals surface area contributed by atoms with Crippen molar-refractivity contribution in [3.63, 3.8) is 0 Å². The predicted molar refractivity (Wildman–Crippen MR) is 92.1 cm³/mol. The SMILES string of the molecule is COc1ccc(F)cc1S(=O)(=O)N(C)Cc1ccc(C(C)C)cc1. The van der Waals surface area contributed by atoms with Gasteiger partial charge in [-0.25, -0.2) is 12.8 Å². The molecule has 0 fully saturated rings. The number of methoxy groups -OCH3 is 1. The van der Waals surface area contributed by atoms with Crippen molar-refractivity contribution in [2.24, 2.45) is 0 Å².